The Hall–Kier alpha value is -1.90. The SMILES string of the molecule is CC1(Cc2cc([N+](=O)[O-])c(N3CCOCC3)cc2O)OCCO1. The number of morpholine rings is 1. The normalized spacial score (nSPS) is 20.7. The van der Waals surface area contributed by atoms with Crippen LogP contribution in [0.4, 0.5) is 11.4 Å². The van der Waals surface area contributed by atoms with E-state index in [2.05, 4.69) is 0 Å². The summed E-state index contributed by atoms with van der Waals surface area (Å²) in [7, 11) is 0. The highest BCUT2D eigenvalue weighted by Crippen LogP contribution is 2.37. The number of anilines is 1. The van der Waals surface area contributed by atoms with Crippen molar-refractivity contribution in [2.24, 2.45) is 0 Å². The van der Waals surface area contributed by atoms with E-state index >= 15 is 0 Å². The molecule has 126 valence electrons. The van der Waals surface area contributed by atoms with Gasteiger partial charge in [0.2, 0.25) is 0 Å². The Morgan fingerprint density at radius 1 is 1.26 bits per heavy atom. The average Bonchev–Trinajstić information content (AvgIpc) is 2.96. The zero-order chi connectivity index (χ0) is 16.4. The number of nitro benzene ring substituents is 1. The fourth-order valence-corrected chi connectivity index (χ4v) is 2.96. The third-order valence-electron chi connectivity index (χ3n) is 4.13. The predicted octanol–water partition coefficient (Wildman–Crippen LogP) is 1.44. The number of nitrogens with zero attached hydrogens (tertiary/aromatic N) is 2. The lowest BCUT2D eigenvalue weighted by atomic mass is 10.0. The Morgan fingerprint density at radius 3 is 2.52 bits per heavy atom. The lowest BCUT2D eigenvalue weighted by Crippen LogP contribution is -2.36. The van der Waals surface area contributed by atoms with Crippen molar-refractivity contribution in [3.63, 3.8) is 0 Å². The van der Waals surface area contributed by atoms with Gasteiger partial charge in [-0.25, -0.2) is 0 Å². The van der Waals surface area contributed by atoms with Crippen LogP contribution in [0.15, 0.2) is 12.1 Å². The molecule has 0 atom stereocenters. The molecule has 2 fully saturated rings. The predicted molar refractivity (Wildman–Crippen MR) is 81.8 cm³/mol. The number of benzene rings is 1. The maximum atomic E-state index is 11.4. The zero-order valence-corrected chi connectivity index (χ0v) is 13.0. The van der Waals surface area contributed by atoms with E-state index in [4.69, 9.17) is 14.2 Å². The summed E-state index contributed by atoms with van der Waals surface area (Å²) in [6.07, 6.45) is 0.253. The summed E-state index contributed by atoms with van der Waals surface area (Å²) in [5, 5.41) is 21.8. The highest BCUT2D eigenvalue weighted by atomic mass is 16.7. The number of rotatable bonds is 4. The first kappa shape index (κ1) is 16.0. The van der Waals surface area contributed by atoms with E-state index in [0.29, 0.717) is 50.8 Å². The van der Waals surface area contributed by atoms with Crippen molar-refractivity contribution in [1.29, 1.82) is 0 Å². The standard InChI is InChI=1S/C15H20N2O6/c1-15(22-6-7-23-15)10-11-8-13(17(19)20)12(9-14(11)18)16-2-4-21-5-3-16/h8-9,18H,2-7,10H2,1H3. The summed E-state index contributed by atoms with van der Waals surface area (Å²) in [6, 6.07) is 2.87. The lowest BCUT2D eigenvalue weighted by Gasteiger charge is -2.29. The van der Waals surface area contributed by atoms with Crippen LogP contribution in [0.25, 0.3) is 0 Å². The molecule has 0 amide bonds. The molecule has 1 aromatic rings. The van der Waals surface area contributed by atoms with Crippen LogP contribution in [0.5, 0.6) is 5.75 Å². The molecular weight excluding hydrogens is 304 g/mol. The van der Waals surface area contributed by atoms with Crippen LogP contribution in [-0.4, -0.2) is 55.3 Å². The molecule has 0 bridgehead atoms. The van der Waals surface area contributed by atoms with Gasteiger partial charge < -0.3 is 24.2 Å². The van der Waals surface area contributed by atoms with Gasteiger partial charge in [0.25, 0.3) is 5.69 Å². The van der Waals surface area contributed by atoms with Gasteiger partial charge in [0.15, 0.2) is 5.79 Å². The summed E-state index contributed by atoms with van der Waals surface area (Å²) in [5.74, 6) is -0.844. The van der Waals surface area contributed by atoms with E-state index < -0.39 is 10.7 Å². The number of ether oxygens (including phenoxy) is 3. The molecule has 1 N–H and O–H groups in total. The van der Waals surface area contributed by atoms with Gasteiger partial charge in [-0.05, 0) is 6.92 Å². The van der Waals surface area contributed by atoms with Crippen LogP contribution >= 0.6 is 0 Å². The molecule has 8 nitrogen and oxygen atoms in total. The molecular formula is C15H20N2O6. The molecule has 2 aliphatic rings. The van der Waals surface area contributed by atoms with Gasteiger partial charge in [-0.2, -0.15) is 0 Å². The fraction of sp³-hybridized carbons (Fsp3) is 0.600. The van der Waals surface area contributed by atoms with Crippen molar-refractivity contribution in [3.8, 4) is 5.75 Å². The van der Waals surface area contributed by atoms with Gasteiger partial charge in [-0.1, -0.05) is 0 Å². The van der Waals surface area contributed by atoms with E-state index in [1.165, 1.54) is 12.1 Å². The second-order valence-electron chi connectivity index (χ2n) is 5.83. The van der Waals surface area contributed by atoms with Crippen LogP contribution in [0.3, 0.4) is 0 Å². The Bertz CT molecular complexity index is 594. The Labute approximate surface area is 133 Å². The van der Waals surface area contributed by atoms with Gasteiger partial charge in [-0.15, -0.1) is 0 Å². The third kappa shape index (κ3) is 3.39. The molecule has 0 unspecified atom stereocenters. The van der Waals surface area contributed by atoms with Crippen molar-refractivity contribution in [1.82, 2.24) is 0 Å². The van der Waals surface area contributed by atoms with Crippen LogP contribution in [0.2, 0.25) is 0 Å². The first-order chi connectivity index (χ1) is 11.0. The number of phenolic OH excluding ortho intramolecular Hbond substituents is 1. The first-order valence-corrected chi connectivity index (χ1v) is 7.59. The number of hydrogen-bond acceptors (Lipinski definition) is 7. The summed E-state index contributed by atoms with van der Waals surface area (Å²) >= 11 is 0. The average molecular weight is 324 g/mol. The Morgan fingerprint density at radius 2 is 1.91 bits per heavy atom. The fourth-order valence-electron chi connectivity index (χ4n) is 2.96. The minimum atomic E-state index is -0.855. The molecule has 0 saturated carbocycles. The van der Waals surface area contributed by atoms with E-state index in [0.717, 1.165) is 0 Å². The summed E-state index contributed by atoms with van der Waals surface area (Å²) in [4.78, 5) is 12.9. The van der Waals surface area contributed by atoms with E-state index in [-0.39, 0.29) is 17.9 Å². The molecule has 0 spiro atoms. The summed E-state index contributed by atoms with van der Waals surface area (Å²) < 4.78 is 16.3. The van der Waals surface area contributed by atoms with Crippen LogP contribution in [0.1, 0.15) is 12.5 Å². The number of phenols is 1. The number of nitro groups is 1. The minimum absolute atomic E-state index is 0.0115. The molecule has 0 aromatic heterocycles. The Kier molecular flexibility index (Phi) is 4.38. The molecule has 1 aromatic carbocycles. The lowest BCUT2D eigenvalue weighted by molar-refractivity contribution is -0.384. The molecule has 0 aliphatic carbocycles. The molecule has 8 heteroatoms. The van der Waals surface area contributed by atoms with Gasteiger partial charge >= 0.3 is 0 Å². The minimum Gasteiger partial charge on any atom is -0.508 e. The molecule has 2 heterocycles. The highest BCUT2D eigenvalue weighted by molar-refractivity contribution is 5.68. The first-order valence-electron chi connectivity index (χ1n) is 7.59. The van der Waals surface area contributed by atoms with E-state index in [9.17, 15) is 15.2 Å². The van der Waals surface area contributed by atoms with Gasteiger partial charge in [0.1, 0.15) is 11.4 Å². The van der Waals surface area contributed by atoms with E-state index in [1.54, 1.807) is 6.92 Å². The molecule has 2 aliphatic heterocycles. The van der Waals surface area contributed by atoms with Crippen molar-refractivity contribution in [2.75, 3.05) is 44.4 Å². The second kappa shape index (κ2) is 6.31. The smallest absolute Gasteiger partial charge is 0.293 e. The zero-order valence-electron chi connectivity index (χ0n) is 13.0. The third-order valence-corrected chi connectivity index (χ3v) is 4.13. The summed E-state index contributed by atoms with van der Waals surface area (Å²) in [6.45, 7) is 4.86. The topological polar surface area (TPSA) is 94.3 Å². The Balaban J connectivity index is 1.92. The highest BCUT2D eigenvalue weighted by Gasteiger charge is 2.33. The number of aromatic hydroxyl groups is 1. The quantitative estimate of drug-likeness (QED) is 0.661. The van der Waals surface area contributed by atoms with E-state index in [1.807, 2.05) is 4.90 Å². The maximum Gasteiger partial charge on any atom is 0.293 e. The van der Waals surface area contributed by atoms with Crippen molar-refractivity contribution >= 4 is 11.4 Å². The molecule has 3 rings (SSSR count). The summed E-state index contributed by atoms with van der Waals surface area (Å²) in [5.41, 5.74) is 0.831. The molecule has 2 saturated heterocycles. The van der Waals surface area contributed by atoms with Crippen LogP contribution in [-0.2, 0) is 20.6 Å². The molecule has 0 radical (unpaired) electrons. The maximum absolute atomic E-state index is 11.4. The van der Waals surface area contributed by atoms with Gasteiger partial charge in [0.05, 0.1) is 31.4 Å². The van der Waals surface area contributed by atoms with Gasteiger partial charge in [-0.3, -0.25) is 10.1 Å². The molecule has 23 heavy (non-hydrogen) atoms. The van der Waals surface area contributed by atoms with Crippen molar-refractivity contribution in [3.05, 3.63) is 27.8 Å². The second-order valence-corrected chi connectivity index (χ2v) is 5.83. The van der Waals surface area contributed by atoms with Crippen LogP contribution < -0.4 is 4.90 Å². The monoisotopic (exact) mass is 324 g/mol. The van der Waals surface area contributed by atoms with Crippen LogP contribution in [0, 0.1) is 10.1 Å². The van der Waals surface area contributed by atoms with Gasteiger partial charge in [0, 0.05) is 37.2 Å². The largest absolute Gasteiger partial charge is 0.508 e. The van der Waals surface area contributed by atoms with Crippen molar-refractivity contribution in [2.45, 2.75) is 19.1 Å². The number of hydrogen-bond donors (Lipinski definition) is 1. The van der Waals surface area contributed by atoms with Crippen molar-refractivity contribution < 1.29 is 24.2 Å².